The highest BCUT2D eigenvalue weighted by atomic mass is 19.4. The van der Waals surface area contributed by atoms with Crippen LogP contribution in [0.25, 0.3) is 0 Å². The van der Waals surface area contributed by atoms with E-state index in [0.29, 0.717) is 19.3 Å². The number of carbonyl (C=O) groups is 1. The van der Waals surface area contributed by atoms with Crippen LogP contribution >= 0.6 is 0 Å². The van der Waals surface area contributed by atoms with Crippen LogP contribution in [0.2, 0.25) is 0 Å². The summed E-state index contributed by atoms with van der Waals surface area (Å²) in [5.74, 6) is -0.584. The summed E-state index contributed by atoms with van der Waals surface area (Å²) in [6, 6.07) is -1.40. The quantitative estimate of drug-likeness (QED) is 0.739. The van der Waals surface area contributed by atoms with Gasteiger partial charge in [0, 0.05) is 30.6 Å². The van der Waals surface area contributed by atoms with E-state index in [9.17, 15) is 22.4 Å². The van der Waals surface area contributed by atoms with Crippen molar-refractivity contribution in [3.8, 4) is 0 Å². The number of fused-ring (bicyclic) bond motifs is 2. The third kappa shape index (κ3) is 4.01. The van der Waals surface area contributed by atoms with Crippen molar-refractivity contribution in [3.63, 3.8) is 0 Å². The van der Waals surface area contributed by atoms with Gasteiger partial charge < -0.3 is 11.1 Å². The molecule has 0 spiro atoms. The van der Waals surface area contributed by atoms with Gasteiger partial charge in [0.2, 0.25) is 5.91 Å². The van der Waals surface area contributed by atoms with Gasteiger partial charge in [-0.15, -0.1) is 0 Å². The second-order valence-electron chi connectivity index (χ2n) is 9.06. The monoisotopic (exact) mass is 379 g/mol. The highest BCUT2D eigenvalue weighted by molar-refractivity contribution is 5.77. The minimum Gasteiger partial charge on any atom is -0.369 e. The number of amides is 1. The van der Waals surface area contributed by atoms with Gasteiger partial charge in [0.05, 0.1) is 0 Å². The number of piperidine rings is 2. The number of likely N-dealkylation sites (tertiary alicyclic amines) is 1. The van der Waals surface area contributed by atoms with E-state index in [-0.39, 0.29) is 48.8 Å². The number of hydrogen-bond acceptors (Lipinski definition) is 3. The second-order valence-corrected chi connectivity index (χ2v) is 9.06. The third-order valence-electron chi connectivity index (χ3n) is 6.44. The molecule has 5 atom stereocenters. The first-order valence-electron chi connectivity index (χ1n) is 9.46. The Morgan fingerprint density at radius 1 is 1.23 bits per heavy atom. The summed E-state index contributed by atoms with van der Waals surface area (Å²) in [4.78, 5) is 13.0. The molecule has 4 nitrogen and oxygen atoms in total. The number of hydrogen-bond donors (Lipinski definition) is 2. The van der Waals surface area contributed by atoms with Gasteiger partial charge in [-0.2, -0.15) is 13.2 Å². The standard InChI is InChI=1S/C18H29F4N3O/c1-16(2,19)10-25-9-12(3-4-14(25)18(20,21)22)17-6-5-13(24-17)7-11(8-17)15(23)26/h11-14,24H,3-10H2,1-2H3,(H2,23,26)/t11?,12-,13?,14?,17?/m0/s1. The van der Waals surface area contributed by atoms with Crippen molar-refractivity contribution in [1.82, 2.24) is 10.2 Å². The van der Waals surface area contributed by atoms with Crippen LogP contribution < -0.4 is 11.1 Å². The van der Waals surface area contributed by atoms with E-state index in [4.69, 9.17) is 5.73 Å². The van der Waals surface area contributed by atoms with Gasteiger partial charge in [0.15, 0.2) is 0 Å². The molecule has 3 aliphatic rings. The average Bonchev–Trinajstić information content (AvgIpc) is 2.80. The zero-order valence-corrected chi connectivity index (χ0v) is 15.4. The fraction of sp³-hybridized carbons (Fsp3) is 0.944. The molecule has 4 unspecified atom stereocenters. The Kier molecular flexibility index (Phi) is 5.06. The molecule has 0 aromatic carbocycles. The van der Waals surface area contributed by atoms with Crippen LogP contribution in [0.4, 0.5) is 17.6 Å². The number of carbonyl (C=O) groups excluding carboxylic acids is 1. The van der Waals surface area contributed by atoms with Crippen LogP contribution in [0.5, 0.6) is 0 Å². The number of nitrogens with zero attached hydrogens (tertiary/aromatic N) is 1. The maximum absolute atomic E-state index is 14.2. The molecule has 2 bridgehead atoms. The maximum atomic E-state index is 14.2. The van der Waals surface area contributed by atoms with Crippen molar-refractivity contribution in [2.24, 2.45) is 17.6 Å². The van der Waals surface area contributed by atoms with Gasteiger partial charge in [-0.25, -0.2) is 4.39 Å². The molecular formula is C18H29F4N3O. The number of nitrogens with two attached hydrogens (primary N) is 1. The Morgan fingerprint density at radius 3 is 2.50 bits per heavy atom. The Morgan fingerprint density at radius 2 is 1.92 bits per heavy atom. The smallest absolute Gasteiger partial charge is 0.369 e. The maximum Gasteiger partial charge on any atom is 0.404 e. The summed E-state index contributed by atoms with van der Waals surface area (Å²) in [5.41, 5.74) is 3.48. The summed E-state index contributed by atoms with van der Waals surface area (Å²) < 4.78 is 54.5. The number of primary amides is 1. The van der Waals surface area contributed by atoms with E-state index in [2.05, 4.69) is 5.32 Å². The molecule has 0 aliphatic carbocycles. The molecule has 26 heavy (non-hydrogen) atoms. The molecule has 3 heterocycles. The van der Waals surface area contributed by atoms with Crippen molar-refractivity contribution >= 4 is 5.91 Å². The molecular weight excluding hydrogens is 350 g/mol. The highest BCUT2D eigenvalue weighted by Gasteiger charge is 2.55. The second kappa shape index (κ2) is 6.62. The zero-order valence-electron chi connectivity index (χ0n) is 15.4. The molecule has 3 aliphatic heterocycles. The molecule has 0 aromatic rings. The van der Waals surface area contributed by atoms with Crippen LogP contribution in [0.15, 0.2) is 0 Å². The molecule has 3 saturated heterocycles. The van der Waals surface area contributed by atoms with Gasteiger partial charge in [0.1, 0.15) is 11.7 Å². The van der Waals surface area contributed by atoms with E-state index in [1.165, 1.54) is 18.7 Å². The first-order chi connectivity index (χ1) is 11.9. The first kappa shape index (κ1) is 19.9. The van der Waals surface area contributed by atoms with Crippen LogP contribution in [-0.4, -0.2) is 53.4 Å². The molecule has 150 valence electrons. The lowest BCUT2D eigenvalue weighted by Crippen LogP contribution is -2.62. The first-order valence-corrected chi connectivity index (χ1v) is 9.46. The lowest BCUT2D eigenvalue weighted by Gasteiger charge is -2.50. The molecule has 1 amide bonds. The summed E-state index contributed by atoms with van der Waals surface area (Å²) >= 11 is 0. The van der Waals surface area contributed by atoms with Crippen molar-refractivity contribution in [2.45, 2.75) is 81.8 Å². The molecule has 0 aromatic heterocycles. The molecule has 8 heteroatoms. The number of alkyl halides is 4. The fourth-order valence-electron chi connectivity index (χ4n) is 5.41. The van der Waals surface area contributed by atoms with Gasteiger partial charge in [0.25, 0.3) is 0 Å². The van der Waals surface area contributed by atoms with Gasteiger partial charge in [-0.3, -0.25) is 9.69 Å². The highest BCUT2D eigenvalue weighted by Crippen LogP contribution is 2.47. The van der Waals surface area contributed by atoms with Crippen molar-refractivity contribution in [3.05, 3.63) is 0 Å². The van der Waals surface area contributed by atoms with Crippen molar-refractivity contribution in [2.75, 3.05) is 13.1 Å². The van der Waals surface area contributed by atoms with Gasteiger partial charge in [-0.1, -0.05) is 0 Å². The third-order valence-corrected chi connectivity index (χ3v) is 6.44. The Labute approximate surface area is 151 Å². The average molecular weight is 379 g/mol. The number of rotatable bonds is 4. The summed E-state index contributed by atoms with van der Waals surface area (Å²) in [6.07, 6.45) is -0.920. The predicted octanol–water partition coefficient (Wildman–Crippen LogP) is 2.76. The molecule has 3 N–H and O–H groups in total. The van der Waals surface area contributed by atoms with Crippen molar-refractivity contribution in [1.29, 1.82) is 0 Å². The van der Waals surface area contributed by atoms with E-state index in [0.717, 1.165) is 12.8 Å². The van der Waals surface area contributed by atoms with E-state index in [1.807, 2.05) is 0 Å². The van der Waals surface area contributed by atoms with E-state index >= 15 is 0 Å². The topological polar surface area (TPSA) is 58.4 Å². The molecule has 0 radical (unpaired) electrons. The van der Waals surface area contributed by atoms with Crippen LogP contribution in [0.1, 0.15) is 52.4 Å². The predicted molar refractivity (Wildman–Crippen MR) is 90.1 cm³/mol. The zero-order chi connectivity index (χ0) is 19.3. The largest absolute Gasteiger partial charge is 0.404 e. The van der Waals surface area contributed by atoms with Crippen LogP contribution in [0.3, 0.4) is 0 Å². The Balaban J connectivity index is 1.80. The minimum atomic E-state index is -4.36. The number of halogens is 4. The van der Waals surface area contributed by atoms with Crippen LogP contribution in [0, 0.1) is 11.8 Å². The summed E-state index contributed by atoms with van der Waals surface area (Å²) in [7, 11) is 0. The van der Waals surface area contributed by atoms with E-state index < -0.39 is 17.9 Å². The van der Waals surface area contributed by atoms with Gasteiger partial charge in [-0.05, 0) is 58.3 Å². The fourth-order valence-corrected chi connectivity index (χ4v) is 5.41. The Bertz CT molecular complexity index is 548. The van der Waals surface area contributed by atoms with Crippen LogP contribution in [-0.2, 0) is 4.79 Å². The Hall–Kier alpha value is -0.890. The van der Waals surface area contributed by atoms with Gasteiger partial charge >= 0.3 is 6.18 Å². The lowest BCUT2D eigenvalue weighted by atomic mass is 9.70. The summed E-state index contributed by atoms with van der Waals surface area (Å²) in [6.45, 7) is 2.58. The molecule has 3 rings (SSSR count). The van der Waals surface area contributed by atoms with Crippen molar-refractivity contribution < 1.29 is 22.4 Å². The van der Waals surface area contributed by atoms with E-state index in [1.54, 1.807) is 0 Å². The SMILES string of the molecule is CC(C)(F)CN1C[C@@H](C23CCC(CC(C(N)=O)C2)N3)CCC1C(F)(F)F. The normalized spacial score (nSPS) is 39.2. The minimum absolute atomic E-state index is 0.0282. The summed E-state index contributed by atoms with van der Waals surface area (Å²) in [5, 5.41) is 3.59. The number of nitrogens with one attached hydrogen (secondary N) is 1. The molecule has 3 fully saturated rings. The molecule has 0 saturated carbocycles. The lowest BCUT2D eigenvalue weighted by molar-refractivity contribution is -0.201.